The number of carbonyl (C=O) groups is 1. The minimum absolute atomic E-state index is 0.000463. The Hall–Kier alpha value is -3.55. The molecule has 0 saturated heterocycles. The summed E-state index contributed by atoms with van der Waals surface area (Å²) in [4.78, 5) is 31.4. The minimum atomic E-state index is -1.77. The van der Waals surface area contributed by atoms with E-state index in [1.165, 1.54) is 20.0 Å². The van der Waals surface area contributed by atoms with E-state index in [0.29, 0.717) is 18.7 Å². The third-order valence-corrected chi connectivity index (χ3v) is 5.31. The van der Waals surface area contributed by atoms with Gasteiger partial charge >= 0.3 is 0 Å². The van der Waals surface area contributed by atoms with E-state index in [2.05, 4.69) is 15.0 Å². The number of hydrogen-bond acceptors (Lipinski definition) is 5. The average molecular weight is 405 g/mol. The van der Waals surface area contributed by atoms with Gasteiger partial charge in [-0.05, 0) is 26.0 Å². The molecule has 0 bridgehead atoms. The van der Waals surface area contributed by atoms with Crippen LogP contribution < -0.4 is 0 Å². The van der Waals surface area contributed by atoms with Gasteiger partial charge in [-0.3, -0.25) is 9.78 Å². The Kier molecular flexibility index (Phi) is 4.16. The molecule has 1 atom stereocenters. The highest BCUT2D eigenvalue weighted by Crippen LogP contribution is 2.35. The molecule has 152 valence electrons. The fraction of sp³-hybridized carbons (Fsp3) is 0.273. The van der Waals surface area contributed by atoms with Gasteiger partial charge in [-0.25, -0.2) is 14.4 Å². The van der Waals surface area contributed by atoms with Gasteiger partial charge in [-0.15, -0.1) is 0 Å². The lowest BCUT2D eigenvalue weighted by Gasteiger charge is -2.34. The topological polar surface area (TPSA) is 87.9 Å². The van der Waals surface area contributed by atoms with E-state index in [9.17, 15) is 9.18 Å². The maximum Gasteiger partial charge on any atom is 0.292 e. The first kappa shape index (κ1) is 18.5. The molecular formula is C22H20FN5O2. The van der Waals surface area contributed by atoms with Crippen LogP contribution in [-0.4, -0.2) is 37.3 Å². The Labute approximate surface area is 172 Å². The van der Waals surface area contributed by atoms with Crippen LogP contribution in [0, 0.1) is 0 Å². The van der Waals surface area contributed by atoms with Gasteiger partial charge in [-0.2, -0.15) is 0 Å². The smallest absolute Gasteiger partial charge is 0.292 e. The highest BCUT2D eigenvalue weighted by Gasteiger charge is 2.37. The number of nitrogens with zero attached hydrogens (tertiary/aromatic N) is 4. The number of aromatic amines is 1. The fourth-order valence-corrected chi connectivity index (χ4v) is 3.82. The van der Waals surface area contributed by atoms with Crippen LogP contribution in [0.25, 0.3) is 10.9 Å². The van der Waals surface area contributed by atoms with Gasteiger partial charge in [-0.1, -0.05) is 24.3 Å². The molecule has 0 radical (unpaired) electrons. The fourth-order valence-electron chi connectivity index (χ4n) is 3.82. The van der Waals surface area contributed by atoms with Crippen LogP contribution in [0.1, 0.15) is 53.4 Å². The lowest BCUT2D eigenvalue weighted by atomic mass is 9.98. The summed E-state index contributed by atoms with van der Waals surface area (Å²) in [6.45, 7) is 3.12. The number of H-pyrrole nitrogens is 1. The lowest BCUT2D eigenvalue weighted by Crippen LogP contribution is -2.41. The standard InChI is InChI=1S/C22H20FN5O2/c1-22(2,23)21-24-11-17(30-21)20(29)28-10-9-15-18(26-12-25-15)19(28)16-8-7-13-5-3-4-6-14(13)27-16/h3-8,11-12,19H,9-10H2,1-2H3,(H,25,26)/t19-/m0/s1. The highest BCUT2D eigenvalue weighted by atomic mass is 19.1. The van der Waals surface area contributed by atoms with Crippen molar-refractivity contribution in [1.82, 2.24) is 24.8 Å². The number of imidazole rings is 1. The quantitative estimate of drug-likeness (QED) is 0.558. The van der Waals surface area contributed by atoms with E-state index in [-0.39, 0.29) is 17.6 Å². The first-order valence-corrected chi connectivity index (χ1v) is 9.76. The molecule has 1 aliphatic rings. The van der Waals surface area contributed by atoms with Crippen molar-refractivity contribution < 1.29 is 13.6 Å². The first-order chi connectivity index (χ1) is 14.4. The predicted molar refractivity (Wildman–Crippen MR) is 108 cm³/mol. The molecule has 1 amide bonds. The van der Waals surface area contributed by atoms with E-state index in [1.54, 1.807) is 11.2 Å². The van der Waals surface area contributed by atoms with Crippen LogP contribution in [0.2, 0.25) is 0 Å². The number of para-hydroxylation sites is 1. The molecule has 0 fully saturated rings. The number of oxazole rings is 1. The van der Waals surface area contributed by atoms with Crippen molar-refractivity contribution in [2.24, 2.45) is 0 Å². The Bertz CT molecular complexity index is 1240. The summed E-state index contributed by atoms with van der Waals surface area (Å²) in [6, 6.07) is 11.2. The Morgan fingerprint density at radius 1 is 1.23 bits per heavy atom. The van der Waals surface area contributed by atoms with Gasteiger partial charge in [0.25, 0.3) is 5.91 Å². The average Bonchev–Trinajstić information content (AvgIpc) is 3.41. The number of halogens is 1. The summed E-state index contributed by atoms with van der Waals surface area (Å²) in [7, 11) is 0. The third-order valence-electron chi connectivity index (χ3n) is 5.31. The Morgan fingerprint density at radius 2 is 2.07 bits per heavy atom. The molecule has 0 spiro atoms. The van der Waals surface area contributed by atoms with E-state index in [4.69, 9.17) is 9.40 Å². The summed E-state index contributed by atoms with van der Waals surface area (Å²) < 4.78 is 19.6. The van der Waals surface area contributed by atoms with Crippen LogP contribution in [0.3, 0.4) is 0 Å². The molecule has 1 aliphatic heterocycles. The molecule has 1 aromatic carbocycles. The van der Waals surface area contributed by atoms with Crippen molar-refractivity contribution in [2.45, 2.75) is 32.0 Å². The summed E-state index contributed by atoms with van der Waals surface area (Å²) in [5.41, 5.74) is 1.51. The zero-order valence-corrected chi connectivity index (χ0v) is 16.6. The number of pyridine rings is 1. The summed E-state index contributed by atoms with van der Waals surface area (Å²) in [5, 5.41) is 1.02. The zero-order chi connectivity index (χ0) is 20.9. The second-order valence-electron chi connectivity index (χ2n) is 7.85. The maximum atomic E-state index is 14.2. The molecule has 8 heteroatoms. The highest BCUT2D eigenvalue weighted by molar-refractivity contribution is 5.92. The van der Waals surface area contributed by atoms with Crippen molar-refractivity contribution in [3.8, 4) is 0 Å². The van der Waals surface area contributed by atoms with Gasteiger partial charge in [0.1, 0.15) is 6.04 Å². The van der Waals surface area contributed by atoms with E-state index in [0.717, 1.165) is 22.3 Å². The number of fused-ring (bicyclic) bond motifs is 2. The zero-order valence-electron chi connectivity index (χ0n) is 16.6. The number of rotatable bonds is 3. The summed E-state index contributed by atoms with van der Waals surface area (Å²) >= 11 is 0. The van der Waals surface area contributed by atoms with E-state index < -0.39 is 11.7 Å². The maximum absolute atomic E-state index is 14.2. The van der Waals surface area contributed by atoms with Gasteiger partial charge in [0.05, 0.1) is 29.4 Å². The molecule has 4 heterocycles. The molecule has 4 aromatic rings. The van der Waals surface area contributed by atoms with E-state index in [1.807, 2.05) is 36.4 Å². The molecule has 5 rings (SSSR count). The van der Waals surface area contributed by atoms with Crippen LogP contribution in [-0.2, 0) is 12.1 Å². The van der Waals surface area contributed by atoms with E-state index >= 15 is 0 Å². The second kappa shape index (κ2) is 6.76. The number of alkyl halides is 1. The van der Waals surface area contributed by atoms with Crippen LogP contribution >= 0.6 is 0 Å². The lowest BCUT2D eigenvalue weighted by molar-refractivity contribution is 0.0644. The molecule has 1 N–H and O–H groups in total. The molecule has 3 aromatic heterocycles. The van der Waals surface area contributed by atoms with Crippen molar-refractivity contribution in [3.63, 3.8) is 0 Å². The van der Waals surface area contributed by atoms with Gasteiger partial charge < -0.3 is 14.3 Å². The monoisotopic (exact) mass is 405 g/mol. The normalized spacial score (nSPS) is 16.6. The molecule has 0 saturated carbocycles. The number of hydrogen-bond donors (Lipinski definition) is 1. The number of benzene rings is 1. The molecule has 30 heavy (non-hydrogen) atoms. The summed E-state index contributed by atoms with van der Waals surface area (Å²) in [6.07, 6.45) is 3.54. The van der Waals surface area contributed by atoms with Crippen molar-refractivity contribution in [1.29, 1.82) is 0 Å². The Morgan fingerprint density at radius 3 is 2.87 bits per heavy atom. The minimum Gasteiger partial charge on any atom is -0.432 e. The summed E-state index contributed by atoms with van der Waals surface area (Å²) in [5.74, 6) is -0.490. The Balaban J connectivity index is 1.58. The van der Waals surface area contributed by atoms with Crippen molar-refractivity contribution in [3.05, 3.63) is 77.7 Å². The van der Waals surface area contributed by atoms with Crippen LogP contribution in [0.4, 0.5) is 4.39 Å². The number of amides is 1. The van der Waals surface area contributed by atoms with Gasteiger partial charge in [0, 0.05) is 24.0 Å². The number of nitrogens with one attached hydrogen (secondary N) is 1. The SMILES string of the molecule is CC(C)(F)c1ncc(C(=O)N2CCc3[nH]cnc3[C@@H]2c2ccc3ccccc3n2)o1. The first-order valence-electron chi connectivity index (χ1n) is 9.76. The van der Waals surface area contributed by atoms with Gasteiger partial charge in [0.2, 0.25) is 11.7 Å². The van der Waals surface area contributed by atoms with Crippen LogP contribution in [0.5, 0.6) is 0 Å². The molecule has 0 aliphatic carbocycles. The number of aromatic nitrogens is 4. The predicted octanol–water partition coefficient (Wildman–Crippen LogP) is 3.94. The third kappa shape index (κ3) is 3.04. The molecular weight excluding hydrogens is 385 g/mol. The molecule has 0 unspecified atom stereocenters. The number of carbonyl (C=O) groups excluding carboxylic acids is 1. The van der Waals surface area contributed by atoms with Crippen molar-refractivity contribution >= 4 is 16.8 Å². The largest absolute Gasteiger partial charge is 0.432 e. The van der Waals surface area contributed by atoms with Crippen molar-refractivity contribution in [2.75, 3.05) is 6.54 Å². The van der Waals surface area contributed by atoms with Gasteiger partial charge in [0.15, 0.2) is 5.67 Å². The second-order valence-corrected chi connectivity index (χ2v) is 7.85. The van der Waals surface area contributed by atoms with Crippen LogP contribution in [0.15, 0.2) is 53.3 Å². The molecule has 7 nitrogen and oxygen atoms in total.